The molecule has 0 unspecified atom stereocenters. The number of carbonyl (C=O) groups is 2. The molecule has 0 aliphatic rings. The van der Waals surface area contributed by atoms with E-state index in [9.17, 15) is 9.59 Å². The minimum absolute atomic E-state index is 0.163. The molecule has 3 rings (SSSR count). The van der Waals surface area contributed by atoms with E-state index in [2.05, 4.69) is 10.5 Å². The first-order chi connectivity index (χ1) is 16.0. The number of para-hydroxylation sites is 1. The normalized spacial score (nSPS) is 10.6. The Balaban J connectivity index is 1.61. The second-order valence-corrected chi connectivity index (χ2v) is 7.26. The average Bonchev–Trinajstić information content (AvgIpc) is 2.80. The number of hydrogen-bond acceptors (Lipinski definition) is 6. The first-order valence-electron chi connectivity index (χ1n) is 10.2. The summed E-state index contributed by atoms with van der Waals surface area (Å²) in [5.41, 5.74) is 4.24. The number of nitrogens with zero attached hydrogens (tertiary/aromatic N) is 1. The van der Waals surface area contributed by atoms with Crippen molar-refractivity contribution in [3.8, 4) is 17.2 Å². The van der Waals surface area contributed by atoms with E-state index < -0.39 is 11.9 Å². The molecule has 170 valence electrons. The lowest BCUT2D eigenvalue weighted by Crippen LogP contribution is -2.24. The Morgan fingerprint density at radius 3 is 2.48 bits per heavy atom. The molecule has 1 amide bonds. The molecule has 0 aromatic heterocycles. The smallest absolute Gasteiger partial charge is 0.345 e. The summed E-state index contributed by atoms with van der Waals surface area (Å²) in [6.07, 6.45) is 1.45. The van der Waals surface area contributed by atoms with Gasteiger partial charge in [0, 0.05) is 0 Å². The molecule has 8 heteroatoms. The van der Waals surface area contributed by atoms with E-state index in [-0.39, 0.29) is 17.9 Å². The summed E-state index contributed by atoms with van der Waals surface area (Å²) < 4.78 is 16.5. The van der Waals surface area contributed by atoms with Crippen molar-refractivity contribution in [2.24, 2.45) is 5.10 Å². The maximum atomic E-state index is 12.5. The van der Waals surface area contributed by atoms with Crippen LogP contribution in [-0.2, 0) is 4.79 Å². The molecule has 33 heavy (non-hydrogen) atoms. The third-order valence-electron chi connectivity index (χ3n) is 4.42. The van der Waals surface area contributed by atoms with E-state index in [0.717, 1.165) is 5.56 Å². The van der Waals surface area contributed by atoms with Gasteiger partial charge in [0.1, 0.15) is 5.75 Å². The van der Waals surface area contributed by atoms with Crippen molar-refractivity contribution in [1.82, 2.24) is 5.43 Å². The number of aryl methyl sites for hydroxylation is 1. The molecule has 0 aliphatic carbocycles. The molecule has 0 atom stereocenters. The largest absolute Gasteiger partial charge is 0.490 e. The molecule has 0 spiro atoms. The second kappa shape index (κ2) is 11.7. The van der Waals surface area contributed by atoms with E-state index in [1.807, 2.05) is 32.0 Å². The molecule has 0 saturated heterocycles. The summed E-state index contributed by atoms with van der Waals surface area (Å²) in [5, 5.41) is 4.24. The SMILES string of the molecule is CCOc1cc(/C=N/NC(=O)COc2ccccc2C)ccc1OC(=O)c1ccccc1Cl. The Morgan fingerprint density at radius 2 is 1.73 bits per heavy atom. The molecule has 0 bridgehead atoms. The quantitative estimate of drug-likeness (QED) is 0.212. The van der Waals surface area contributed by atoms with Crippen LogP contribution in [-0.4, -0.2) is 31.3 Å². The van der Waals surface area contributed by atoms with Crippen molar-refractivity contribution >= 4 is 29.7 Å². The predicted octanol–water partition coefficient (Wildman–Crippen LogP) is 4.80. The number of hydrogen-bond donors (Lipinski definition) is 1. The van der Waals surface area contributed by atoms with Crippen LogP contribution in [0.2, 0.25) is 5.02 Å². The number of halogens is 1. The first kappa shape index (κ1) is 23.8. The van der Waals surface area contributed by atoms with E-state index in [1.165, 1.54) is 6.21 Å². The van der Waals surface area contributed by atoms with Crippen LogP contribution in [0.3, 0.4) is 0 Å². The number of esters is 1. The first-order valence-corrected chi connectivity index (χ1v) is 10.6. The lowest BCUT2D eigenvalue weighted by atomic mass is 10.2. The molecule has 0 saturated carbocycles. The number of rotatable bonds is 9. The van der Waals surface area contributed by atoms with Crippen LogP contribution in [0.25, 0.3) is 0 Å². The van der Waals surface area contributed by atoms with Crippen molar-refractivity contribution in [2.75, 3.05) is 13.2 Å². The Kier molecular flexibility index (Phi) is 8.43. The van der Waals surface area contributed by atoms with Gasteiger partial charge in [-0.05, 0) is 61.4 Å². The van der Waals surface area contributed by atoms with E-state index in [4.69, 9.17) is 25.8 Å². The van der Waals surface area contributed by atoms with Crippen molar-refractivity contribution < 1.29 is 23.8 Å². The fourth-order valence-electron chi connectivity index (χ4n) is 2.81. The summed E-state index contributed by atoms with van der Waals surface area (Å²) in [6, 6.07) is 19.0. The molecule has 0 heterocycles. The van der Waals surface area contributed by atoms with Gasteiger partial charge in [-0.1, -0.05) is 41.9 Å². The lowest BCUT2D eigenvalue weighted by Gasteiger charge is -2.12. The Labute approximate surface area is 196 Å². The fourth-order valence-corrected chi connectivity index (χ4v) is 3.02. The van der Waals surface area contributed by atoms with Crippen LogP contribution in [0.4, 0.5) is 0 Å². The molecule has 7 nitrogen and oxygen atoms in total. The third-order valence-corrected chi connectivity index (χ3v) is 4.75. The number of hydrazone groups is 1. The van der Waals surface area contributed by atoms with Crippen LogP contribution < -0.4 is 19.6 Å². The number of nitrogens with one attached hydrogen (secondary N) is 1. The summed E-state index contributed by atoms with van der Waals surface area (Å²) in [5.74, 6) is 0.249. The van der Waals surface area contributed by atoms with Gasteiger partial charge >= 0.3 is 5.97 Å². The zero-order valence-electron chi connectivity index (χ0n) is 18.2. The molecular weight excluding hydrogens is 444 g/mol. The monoisotopic (exact) mass is 466 g/mol. The number of benzene rings is 3. The Morgan fingerprint density at radius 1 is 0.970 bits per heavy atom. The molecule has 3 aromatic carbocycles. The Hall–Kier alpha value is -3.84. The zero-order valence-corrected chi connectivity index (χ0v) is 19.0. The van der Waals surface area contributed by atoms with Crippen LogP contribution in [0, 0.1) is 6.92 Å². The summed E-state index contributed by atoms with van der Waals surface area (Å²) >= 11 is 6.07. The van der Waals surface area contributed by atoms with Gasteiger partial charge in [0.25, 0.3) is 5.91 Å². The van der Waals surface area contributed by atoms with Gasteiger partial charge in [-0.15, -0.1) is 0 Å². The molecular formula is C25H23ClN2O5. The summed E-state index contributed by atoms with van der Waals surface area (Å²) in [4.78, 5) is 24.4. The van der Waals surface area contributed by atoms with Crippen molar-refractivity contribution in [2.45, 2.75) is 13.8 Å². The van der Waals surface area contributed by atoms with Crippen LogP contribution in [0.1, 0.15) is 28.4 Å². The predicted molar refractivity (Wildman–Crippen MR) is 126 cm³/mol. The highest BCUT2D eigenvalue weighted by Crippen LogP contribution is 2.29. The summed E-state index contributed by atoms with van der Waals surface area (Å²) in [6.45, 7) is 3.92. The maximum Gasteiger partial charge on any atom is 0.345 e. The van der Waals surface area contributed by atoms with Crippen molar-refractivity contribution in [3.05, 3.63) is 88.4 Å². The molecule has 1 N–H and O–H groups in total. The fraction of sp³-hybridized carbons (Fsp3) is 0.160. The van der Waals surface area contributed by atoms with Crippen LogP contribution in [0.15, 0.2) is 71.8 Å². The van der Waals surface area contributed by atoms with Crippen LogP contribution in [0.5, 0.6) is 17.2 Å². The van der Waals surface area contributed by atoms with Crippen LogP contribution >= 0.6 is 11.6 Å². The average molecular weight is 467 g/mol. The molecule has 0 radical (unpaired) electrons. The van der Waals surface area contributed by atoms with Gasteiger partial charge in [0.15, 0.2) is 18.1 Å². The standard InChI is InChI=1S/C25H23ClN2O5/c1-3-31-23-14-18(12-13-22(23)33-25(30)19-9-5-6-10-20(19)26)15-27-28-24(29)16-32-21-11-7-4-8-17(21)2/h4-15H,3,16H2,1-2H3,(H,28,29)/b27-15+. The number of carbonyl (C=O) groups excluding carboxylic acids is 2. The van der Waals surface area contributed by atoms with Gasteiger partial charge in [-0.25, -0.2) is 10.2 Å². The maximum absolute atomic E-state index is 12.5. The lowest BCUT2D eigenvalue weighted by molar-refractivity contribution is -0.123. The highest BCUT2D eigenvalue weighted by Gasteiger charge is 2.15. The highest BCUT2D eigenvalue weighted by atomic mass is 35.5. The minimum atomic E-state index is -0.594. The number of amides is 1. The van der Waals surface area contributed by atoms with Crippen molar-refractivity contribution in [1.29, 1.82) is 0 Å². The third kappa shape index (κ3) is 6.82. The van der Waals surface area contributed by atoms with E-state index in [0.29, 0.717) is 28.7 Å². The minimum Gasteiger partial charge on any atom is -0.490 e. The topological polar surface area (TPSA) is 86.2 Å². The Bertz CT molecular complexity index is 1160. The molecule has 0 fully saturated rings. The zero-order chi connectivity index (χ0) is 23.6. The molecule has 3 aromatic rings. The van der Waals surface area contributed by atoms with Gasteiger partial charge in [-0.3, -0.25) is 4.79 Å². The second-order valence-electron chi connectivity index (χ2n) is 6.86. The van der Waals surface area contributed by atoms with E-state index >= 15 is 0 Å². The molecule has 0 aliphatic heterocycles. The van der Waals surface area contributed by atoms with Crippen molar-refractivity contribution in [3.63, 3.8) is 0 Å². The van der Waals surface area contributed by atoms with Gasteiger partial charge < -0.3 is 14.2 Å². The number of ether oxygens (including phenoxy) is 3. The van der Waals surface area contributed by atoms with Gasteiger partial charge in [-0.2, -0.15) is 5.10 Å². The van der Waals surface area contributed by atoms with E-state index in [1.54, 1.807) is 48.5 Å². The highest BCUT2D eigenvalue weighted by molar-refractivity contribution is 6.33. The van der Waals surface area contributed by atoms with Gasteiger partial charge in [0.05, 0.1) is 23.4 Å². The van der Waals surface area contributed by atoms with Gasteiger partial charge in [0.2, 0.25) is 0 Å². The summed E-state index contributed by atoms with van der Waals surface area (Å²) in [7, 11) is 0.